The summed E-state index contributed by atoms with van der Waals surface area (Å²) in [6.45, 7) is 2.05. The third kappa shape index (κ3) is 2.38. The number of aromatic nitrogens is 1. The largest absolute Gasteiger partial charge is 0.256 e. The van der Waals surface area contributed by atoms with Crippen molar-refractivity contribution >= 4 is 10.9 Å². The maximum atomic E-state index is 8.49. The minimum atomic E-state index is 0.629. The van der Waals surface area contributed by atoms with E-state index in [4.69, 9.17) is 5.26 Å². The lowest BCUT2D eigenvalue weighted by atomic mass is 10.0. The number of fused-ring (bicyclic) bond motifs is 1. The Labute approximate surface area is 95.6 Å². The molecule has 2 heteroatoms. The van der Waals surface area contributed by atoms with Gasteiger partial charge in [0.2, 0.25) is 0 Å². The van der Waals surface area contributed by atoms with Gasteiger partial charge in [0.25, 0.3) is 0 Å². The van der Waals surface area contributed by atoms with E-state index in [9.17, 15) is 0 Å². The van der Waals surface area contributed by atoms with Crippen LogP contribution in [0, 0.1) is 18.3 Å². The third-order valence-corrected chi connectivity index (χ3v) is 2.64. The van der Waals surface area contributed by atoms with Crippen molar-refractivity contribution in [2.45, 2.75) is 26.2 Å². The van der Waals surface area contributed by atoms with Crippen molar-refractivity contribution < 1.29 is 0 Å². The molecule has 0 aliphatic rings. The second kappa shape index (κ2) is 4.76. The molecular weight excluding hydrogens is 196 g/mol. The van der Waals surface area contributed by atoms with Gasteiger partial charge in [-0.1, -0.05) is 6.07 Å². The van der Waals surface area contributed by atoms with Gasteiger partial charge < -0.3 is 0 Å². The van der Waals surface area contributed by atoms with Gasteiger partial charge in [-0.15, -0.1) is 0 Å². The van der Waals surface area contributed by atoms with E-state index in [2.05, 4.69) is 42.2 Å². The highest BCUT2D eigenvalue weighted by molar-refractivity contribution is 5.79. The van der Waals surface area contributed by atoms with Crippen LogP contribution in [-0.4, -0.2) is 4.98 Å². The van der Waals surface area contributed by atoms with Crippen molar-refractivity contribution in [1.29, 1.82) is 5.26 Å². The number of hydrogen-bond acceptors (Lipinski definition) is 2. The second-order valence-electron chi connectivity index (χ2n) is 4.05. The molecule has 1 heterocycles. The molecule has 0 spiro atoms. The van der Waals surface area contributed by atoms with Gasteiger partial charge in [0.05, 0.1) is 11.6 Å². The van der Waals surface area contributed by atoms with E-state index in [1.807, 2.05) is 6.20 Å². The first kappa shape index (κ1) is 10.6. The zero-order valence-electron chi connectivity index (χ0n) is 9.40. The van der Waals surface area contributed by atoms with Crippen molar-refractivity contribution in [2.75, 3.05) is 0 Å². The summed E-state index contributed by atoms with van der Waals surface area (Å²) in [5.41, 5.74) is 3.51. The number of rotatable bonds is 3. The fourth-order valence-corrected chi connectivity index (χ4v) is 1.82. The molecule has 2 aromatic rings. The summed E-state index contributed by atoms with van der Waals surface area (Å²) in [5.74, 6) is 0. The van der Waals surface area contributed by atoms with Gasteiger partial charge in [-0.25, -0.2) is 0 Å². The predicted molar refractivity (Wildman–Crippen MR) is 65.0 cm³/mol. The molecule has 16 heavy (non-hydrogen) atoms. The van der Waals surface area contributed by atoms with E-state index < -0.39 is 0 Å². The van der Waals surface area contributed by atoms with Gasteiger partial charge in [0, 0.05) is 18.0 Å². The summed E-state index contributed by atoms with van der Waals surface area (Å²) in [5, 5.41) is 9.68. The minimum absolute atomic E-state index is 0.629. The maximum Gasteiger partial charge on any atom is 0.0702 e. The molecule has 0 saturated heterocycles. The van der Waals surface area contributed by atoms with Crippen LogP contribution in [0.25, 0.3) is 10.9 Å². The lowest BCUT2D eigenvalue weighted by Gasteiger charge is -2.02. The highest BCUT2D eigenvalue weighted by Crippen LogP contribution is 2.16. The van der Waals surface area contributed by atoms with Crippen molar-refractivity contribution in [3.05, 3.63) is 41.6 Å². The quantitative estimate of drug-likeness (QED) is 0.728. The molecule has 0 atom stereocenters. The number of nitrogens with zero attached hydrogens (tertiary/aromatic N) is 2. The van der Waals surface area contributed by atoms with Crippen LogP contribution < -0.4 is 0 Å². The van der Waals surface area contributed by atoms with E-state index >= 15 is 0 Å². The molecule has 0 unspecified atom stereocenters. The molecule has 80 valence electrons. The van der Waals surface area contributed by atoms with Gasteiger partial charge in [-0.05, 0) is 49.1 Å². The van der Waals surface area contributed by atoms with Gasteiger partial charge in [-0.2, -0.15) is 5.26 Å². The fourth-order valence-electron chi connectivity index (χ4n) is 1.82. The molecule has 1 aromatic carbocycles. The van der Waals surface area contributed by atoms with E-state index in [1.54, 1.807) is 0 Å². The van der Waals surface area contributed by atoms with Gasteiger partial charge in [0.15, 0.2) is 0 Å². The Morgan fingerprint density at radius 1 is 1.31 bits per heavy atom. The molecule has 0 N–H and O–H groups in total. The lowest BCUT2D eigenvalue weighted by Crippen LogP contribution is -1.87. The average molecular weight is 210 g/mol. The predicted octanol–water partition coefficient (Wildman–Crippen LogP) is 3.39. The van der Waals surface area contributed by atoms with Gasteiger partial charge in [-0.3, -0.25) is 4.98 Å². The summed E-state index contributed by atoms with van der Waals surface area (Å²) in [7, 11) is 0. The molecule has 2 rings (SSSR count). The molecule has 0 saturated carbocycles. The third-order valence-electron chi connectivity index (χ3n) is 2.64. The number of benzene rings is 1. The Morgan fingerprint density at radius 3 is 3.00 bits per heavy atom. The molecule has 0 radical (unpaired) electrons. The Hall–Kier alpha value is -1.88. The average Bonchev–Trinajstić information content (AvgIpc) is 2.29. The van der Waals surface area contributed by atoms with Crippen LogP contribution in [0.1, 0.15) is 24.0 Å². The van der Waals surface area contributed by atoms with E-state index in [-0.39, 0.29) is 0 Å². The van der Waals surface area contributed by atoms with Crippen LogP contribution in [-0.2, 0) is 6.42 Å². The Bertz CT molecular complexity index is 538. The second-order valence-corrected chi connectivity index (χ2v) is 4.05. The Morgan fingerprint density at radius 2 is 2.19 bits per heavy atom. The molecule has 0 aliphatic heterocycles. The van der Waals surface area contributed by atoms with E-state index in [0.717, 1.165) is 18.4 Å². The number of unbranched alkanes of at least 4 members (excludes halogenated alkanes) is 1. The summed E-state index contributed by atoms with van der Waals surface area (Å²) >= 11 is 0. The SMILES string of the molecule is Cc1cnc2ccc(CCCC#N)cc2c1. The Balaban J connectivity index is 2.25. The highest BCUT2D eigenvalue weighted by atomic mass is 14.6. The fraction of sp³-hybridized carbons (Fsp3) is 0.286. The molecule has 0 amide bonds. The van der Waals surface area contributed by atoms with Crippen LogP contribution in [0.2, 0.25) is 0 Å². The summed E-state index contributed by atoms with van der Waals surface area (Å²) in [6.07, 6.45) is 4.42. The smallest absolute Gasteiger partial charge is 0.0702 e. The van der Waals surface area contributed by atoms with E-state index in [0.29, 0.717) is 6.42 Å². The van der Waals surface area contributed by atoms with Crippen molar-refractivity contribution in [3.8, 4) is 6.07 Å². The topological polar surface area (TPSA) is 36.7 Å². The van der Waals surface area contributed by atoms with Crippen molar-refractivity contribution in [3.63, 3.8) is 0 Å². The first-order chi connectivity index (χ1) is 7.79. The Kier molecular flexibility index (Phi) is 3.16. The minimum Gasteiger partial charge on any atom is -0.256 e. The highest BCUT2D eigenvalue weighted by Gasteiger charge is 1.98. The van der Waals surface area contributed by atoms with E-state index in [1.165, 1.54) is 16.5 Å². The number of nitriles is 1. The summed E-state index contributed by atoms with van der Waals surface area (Å²) < 4.78 is 0. The maximum absolute atomic E-state index is 8.49. The lowest BCUT2D eigenvalue weighted by molar-refractivity contribution is 0.851. The van der Waals surface area contributed by atoms with Crippen LogP contribution in [0.4, 0.5) is 0 Å². The van der Waals surface area contributed by atoms with Crippen LogP contribution in [0.3, 0.4) is 0 Å². The molecule has 0 aliphatic carbocycles. The first-order valence-electron chi connectivity index (χ1n) is 5.52. The molecule has 2 nitrogen and oxygen atoms in total. The summed E-state index contributed by atoms with van der Waals surface area (Å²) in [6, 6.07) is 10.6. The van der Waals surface area contributed by atoms with Crippen molar-refractivity contribution in [2.24, 2.45) is 0 Å². The molecular formula is C14H14N2. The van der Waals surface area contributed by atoms with Gasteiger partial charge >= 0.3 is 0 Å². The standard InChI is InChI=1S/C14H14N2/c1-11-8-13-9-12(4-2-3-7-15)5-6-14(13)16-10-11/h5-6,8-10H,2-4H2,1H3. The van der Waals surface area contributed by atoms with Crippen LogP contribution in [0.15, 0.2) is 30.5 Å². The molecule has 1 aromatic heterocycles. The van der Waals surface area contributed by atoms with Crippen LogP contribution >= 0.6 is 0 Å². The zero-order chi connectivity index (χ0) is 11.4. The number of pyridine rings is 1. The monoisotopic (exact) mass is 210 g/mol. The molecule has 0 bridgehead atoms. The molecule has 0 fully saturated rings. The van der Waals surface area contributed by atoms with Crippen molar-refractivity contribution in [1.82, 2.24) is 4.98 Å². The summed E-state index contributed by atoms with van der Waals surface area (Å²) in [4.78, 5) is 4.37. The number of hydrogen-bond donors (Lipinski definition) is 0. The van der Waals surface area contributed by atoms with Gasteiger partial charge in [0.1, 0.15) is 0 Å². The number of aryl methyl sites for hydroxylation is 2. The first-order valence-corrected chi connectivity index (χ1v) is 5.52. The normalized spacial score (nSPS) is 10.2. The van der Waals surface area contributed by atoms with Crippen LogP contribution in [0.5, 0.6) is 0 Å². The zero-order valence-corrected chi connectivity index (χ0v) is 9.40.